The van der Waals surface area contributed by atoms with Crippen LogP contribution in [0.5, 0.6) is 0 Å². The summed E-state index contributed by atoms with van der Waals surface area (Å²) in [5.74, 6) is 0.787. The van der Waals surface area contributed by atoms with Gasteiger partial charge < -0.3 is 4.90 Å². The van der Waals surface area contributed by atoms with Crippen molar-refractivity contribution in [2.24, 2.45) is 0 Å². The average molecular weight is 212 g/mol. The standard InChI is InChI=1S/C12H18ClN/c1-14(11-7-3-6-10-13)12-8-4-2-5-9-12/h2,4-5,8-9H,3,6-7,10-11H2,1H3. The van der Waals surface area contributed by atoms with Crippen LogP contribution in [0.1, 0.15) is 19.3 Å². The Bertz CT molecular complexity index is 235. The first-order valence-electron chi connectivity index (χ1n) is 5.16. The zero-order valence-corrected chi connectivity index (χ0v) is 9.50. The van der Waals surface area contributed by atoms with E-state index in [1.165, 1.54) is 18.5 Å². The lowest BCUT2D eigenvalue weighted by Gasteiger charge is -2.18. The van der Waals surface area contributed by atoms with Gasteiger partial charge in [0.05, 0.1) is 0 Å². The van der Waals surface area contributed by atoms with Crippen molar-refractivity contribution >= 4 is 17.3 Å². The molecule has 0 saturated heterocycles. The van der Waals surface area contributed by atoms with Crippen LogP contribution in [0, 0.1) is 0 Å². The summed E-state index contributed by atoms with van der Waals surface area (Å²) in [7, 11) is 2.13. The van der Waals surface area contributed by atoms with Gasteiger partial charge in [-0.3, -0.25) is 0 Å². The maximum Gasteiger partial charge on any atom is 0.0363 e. The molecule has 0 fully saturated rings. The van der Waals surface area contributed by atoms with Crippen molar-refractivity contribution in [3.05, 3.63) is 30.3 Å². The molecule has 1 aromatic carbocycles. The van der Waals surface area contributed by atoms with Crippen molar-refractivity contribution in [1.29, 1.82) is 0 Å². The molecule has 1 aromatic rings. The van der Waals surface area contributed by atoms with Crippen LogP contribution in [0.15, 0.2) is 30.3 Å². The summed E-state index contributed by atoms with van der Waals surface area (Å²) in [6, 6.07) is 10.5. The van der Waals surface area contributed by atoms with Gasteiger partial charge in [-0.25, -0.2) is 0 Å². The molecule has 0 aliphatic carbocycles. The van der Waals surface area contributed by atoms with Crippen LogP contribution in [0.25, 0.3) is 0 Å². The van der Waals surface area contributed by atoms with Crippen molar-refractivity contribution < 1.29 is 0 Å². The van der Waals surface area contributed by atoms with E-state index in [4.69, 9.17) is 11.6 Å². The van der Waals surface area contributed by atoms with Gasteiger partial charge in [0, 0.05) is 25.2 Å². The Kier molecular flexibility index (Phi) is 5.46. The van der Waals surface area contributed by atoms with E-state index in [1.807, 2.05) is 6.07 Å². The highest BCUT2D eigenvalue weighted by Crippen LogP contribution is 2.11. The third-order valence-electron chi connectivity index (χ3n) is 2.32. The Morgan fingerprint density at radius 2 is 1.79 bits per heavy atom. The second kappa shape index (κ2) is 6.72. The summed E-state index contributed by atoms with van der Waals surface area (Å²) in [5.41, 5.74) is 1.29. The highest BCUT2D eigenvalue weighted by molar-refractivity contribution is 6.17. The number of benzene rings is 1. The number of nitrogens with zero attached hydrogens (tertiary/aromatic N) is 1. The molecule has 0 heterocycles. The lowest BCUT2D eigenvalue weighted by Crippen LogP contribution is -2.18. The monoisotopic (exact) mass is 211 g/mol. The Balaban J connectivity index is 2.25. The minimum absolute atomic E-state index is 0.787. The van der Waals surface area contributed by atoms with Gasteiger partial charge in [0.15, 0.2) is 0 Å². The maximum atomic E-state index is 5.62. The van der Waals surface area contributed by atoms with E-state index in [-0.39, 0.29) is 0 Å². The van der Waals surface area contributed by atoms with E-state index in [0.29, 0.717) is 0 Å². The van der Waals surface area contributed by atoms with E-state index in [2.05, 4.69) is 36.2 Å². The molecule has 0 aromatic heterocycles. The molecule has 0 unspecified atom stereocenters. The van der Waals surface area contributed by atoms with Crippen LogP contribution < -0.4 is 4.90 Å². The molecule has 78 valence electrons. The number of rotatable bonds is 6. The van der Waals surface area contributed by atoms with Gasteiger partial charge in [0.2, 0.25) is 0 Å². The molecule has 1 rings (SSSR count). The Hall–Kier alpha value is -0.690. The topological polar surface area (TPSA) is 3.24 Å². The van der Waals surface area contributed by atoms with Gasteiger partial charge in [-0.1, -0.05) is 24.6 Å². The number of alkyl halides is 1. The van der Waals surface area contributed by atoms with E-state index in [9.17, 15) is 0 Å². The fourth-order valence-electron chi connectivity index (χ4n) is 1.43. The van der Waals surface area contributed by atoms with E-state index >= 15 is 0 Å². The summed E-state index contributed by atoms with van der Waals surface area (Å²) in [5, 5.41) is 0. The number of halogens is 1. The van der Waals surface area contributed by atoms with Gasteiger partial charge >= 0.3 is 0 Å². The molecule has 0 aliphatic heterocycles. The first-order valence-corrected chi connectivity index (χ1v) is 5.70. The minimum atomic E-state index is 0.787. The van der Waals surface area contributed by atoms with Crippen LogP contribution in [-0.4, -0.2) is 19.5 Å². The molecular weight excluding hydrogens is 194 g/mol. The molecule has 1 nitrogen and oxygen atoms in total. The second-order valence-corrected chi connectivity index (χ2v) is 3.88. The van der Waals surface area contributed by atoms with Gasteiger partial charge in [0.1, 0.15) is 0 Å². The van der Waals surface area contributed by atoms with E-state index in [1.54, 1.807) is 0 Å². The number of hydrogen-bond donors (Lipinski definition) is 0. The van der Waals surface area contributed by atoms with Gasteiger partial charge in [0.25, 0.3) is 0 Å². The van der Waals surface area contributed by atoms with Crippen LogP contribution >= 0.6 is 11.6 Å². The summed E-state index contributed by atoms with van der Waals surface area (Å²) >= 11 is 5.62. The van der Waals surface area contributed by atoms with Crippen molar-refractivity contribution in [3.8, 4) is 0 Å². The molecule has 0 aliphatic rings. The molecule has 0 radical (unpaired) electrons. The molecule has 2 heteroatoms. The van der Waals surface area contributed by atoms with Gasteiger partial charge in [-0.05, 0) is 25.0 Å². The number of para-hydroxylation sites is 1. The fourth-order valence-corrected chi connectivity index (χ4v) is 1.62. The SMILES string of the molecule is CN(CCCCCCl)c1ccccc1. The molecule has 0 N–H and O–H groups in total. The van der Waals surface area contributed by atoms with Crippen molar-refractivity contribution in [3.63, 3.8) is 0 Å². The number of anilines is 1. The minimum Gasteiger partial charge on any atom is -0.375 e. The van der Waals surface area contributed by atoms with Crippen molar-refractivity contribution in [1.82, 2.24) is 0 Å². The van der Waals surface area contributed by atoms with Crippen LogP contribution in [0.2, 0.25) is 0 Å². The molecule has 0 bridgehead atoms. The summed E-state index contributed by atoms with van der Waals surface area (Å²) in [6.45, 7) is 1.11. The predicted molar refractivity (Wildman–Crippen MR) is 64.3 cm³/mol. The third kappa shape index (κ3) is 4.01. The molecule has 0 atom stereocenters. The van der Waals surface area contributed by atoms with Crippen molar-refractivity contribution in [2.45, 2.75) is 19.3 Å². The van der Waals surface area contributed by atoms with Gasteiger partial charge in [-0.2, -0.15) is 0 Å². The third-order valence-corrected chi connectivity index (χ3v) is 2.59. The predicted octanol–water partition coefficient (Wildman–Crippen LogP) is 3.53. The lowest BCUT2D eigenvalue weighted by molar-refractivity contribution is 0.708. The van der Waals surface area contributed by atoms with E-state index < -0.39 is 0 Å². The smallest absolute Gasteiger partial charge is 0.0363 e. The Labute approximate surface area is 91.7 Å². The highest BCUT2D eigenvalue weighted by Gasteiger charge is 1.98. The zero-order chi connectivity index (χ0) is 10.2. The first kappa shape index (κ1) is 11.4. The molecule has 0 amide bonds. The van der Waals surface area contributed by atoms with Crippen LogP contribution in [0.3, 0.4) is 0 Å². The summed E-state index contributed by atoms with van der Waals surface area (Å²) in [4.78, 5) is 2.29. The lowest BCUT2D eigenvalue weighted by atomic mass is 10.2. The second-order valence-electron chi connectivity index (χ2n) is 3.51. The van der Waals surface area contributed by atoms with Crippen molar-refractivity contribution in [2.75, 3.05) is 24.4 Å². The molecule has 0 spiro atoms. The quantitative estimate of drug-likeness (QED) is 0.514. The highest BCUT2D eigenvalue weighted by atomic mass is 35.5. The maximum absolute atomic E-state index is 5.62. The zero-order valence-electron chi connectivity index (χ0n) is 8.75. The Morgan fingerprint density at radius 1 is 1.07 bits per heavy atom. The molecular formula is C12H18ClN. The van der Waals surface area contributed by atoms with Crippen LogP contribution in [-0.2, 0) is 0 Å². The number of unbranched alkanes of at least 4 members (excludes halogenated alkanes) is 2. The normalized spacial score (nSPS) is 10.1. The summed E-state index contributed by atoms with van der Waals surface area (Å²) < 4.78 is 0. The first-order chi connectivity index (χ1) is 6.84. The fraction of sp³-hybridized carbons (Fsp3) is 0.500. The van der Waals surface area contributed by atoms with Crippen LogP contribution in [0.4, 0.5) is 5.69 Å². The number of hydrogen-bond acceptors (Lipinski definition) is 1. The molecule has 14 heavy (non-hydrogen) atoms. The Morgan fingerprint density at radius 3 is 2.43 bits per heavy atom. The van der Waals surface area contributed by atoms with E-state index in [0.717, 1.165) is 18.8 Å². The average Bonchev–Trinajstić information content (AvgIpc) is 2.25. The largest absolute Gasteiger partial charge is 0.375 e. The van der Waals surface area contributed by atoms with Gasteiger partial charge in [-0.15, -0.1) is 11.6 Å². The summed E-state index contributed by atoms with van der Waals surface area (Å²) in [6.07, 6.45) is 3.57. The molecule has 0 saturated carbocycles.